The van der Waals surface area contributed by atoms with Crippen LogP contribution in [-0.2, 0) is 5.41 Å². The standard InChI is InChI=1S/C11H18N2O/c1-11(2,6-7-12)10-9(14-3)5-4-8-13-10/h4-5,8H,6-7,12H2,1-3H3. The summed E-state index contributed by atoms with van der Waals surface area (Å²) < 4.78 is 5.27. The van der Waals surface area contributed by atoms with Crippen molar-refractivity contribution in [2.45, 2.75) is 25.7 Å². The number of methoxy groups -OCH3 is 1. The second-order valence-electron chi connectivity index (χ2n) is 3.98. The maximum Gasteiger partial charge on any atom is 0.140 e. The van der Waals surface area contributed by atoms with Gasteiger partial charge in [0.2, 0.25) is 0 Å². The SMILES string of the molecule is COc1cccnc1C(C)(C)CCN. The molecule has 1 rings (SSSR count). The summed E-state index contributed by atoms with van der Waals surface area (Å²) in [5.74, 6) is 0.839. The van der Waals surface area contributed by atoms with Gasteiger partial charge in [-0.05, 0) is 25.1 Å². The van der Waals surface area contributed by atoms with E-state index in [1.54, 1.807) is 13.3 Å². The minimum atomic E-state index is -0.0264. The zero-order valence-corrected chi connectivity index (χ0v) is 9.08. The molecule has 0 bridgehead atoms. The number of nitrogens with zero attached hydrogens (tertiary/aromatic N) is 1. The lowest BCUT2D eigenvalue weighted by Crippen LogP contribution is -2.23. The van der Waals surface area contributed by atoms with Crippen molar-refractivity contribution in [2.75, 3.05) is 13.7 Å². The molecular weight excluding hydrogens is 176 g/mol. The van der Waals surface area contributed by atoms with Gasteiger partial charge in [0.25, 0.3) is 0 Å². The molecule has 0 atom stereocenters. The van der Waals surface area contributed by atoms with E-state index in [2.05, 4.69) is 18.8 Å². The number of rotatable bonds is 4. The summed E-state index contributed by atoms with van der Waals surface area (Å²) in [5.41, 5.74) is 6.53. The zero-order valence-electron chi connectivity index (χ0n) is 9.08. The normalized spacial score (nSPS) is 11.4. The van der Waals surface area contributed by atoms with E-state index in [1.165, 1.54) is 0 Å². The summed E-state index contributed by atoms with van der Waals surface area (Å²) in [7, 11) is 1.67. The molecule has 0 fully saturated rings. The summed E-state index contributed by atoms with van der Waals surface area (Å²) >= 11 is 0. The first kappa shape index (κ1) is 11.0. The number of pyridine rings is 1. The predicted molar refractivity (Wildman–Crippen MR) is 57.5 cm³/mol. The van der Waals surface area contributed by atoms with E-state index in [4.69, 9.17) is 10.5 Å². The van der Waals surface area contributed by atoms with Crippen LogP contribution < -0.4 is 10.5 Å². The van der Waals surface area contributed by atoms with Crippen molar-refractivity contribution in [3.8, 4) is 5.75 Å². The number of hydrogen-bond donors (Lipinski definition) is 1. The Balaban J connectivity index is 3.04. The molecule has 14 heavy (non-hydrogen) atoms. The van der Waals surface area contributed by atoms with Crippen molar-refractivity contribution in [3.63, 3.8) is 0 Å². The van der Waals surface area contributed by atoms with Crippen molar-refractivity contribution in [2.24, 2.45) is 5.73 Å². The van der Waals surface area contributed by atoms with Gasteiger partial charge in [-0.25, -0.2) is 0 Å². The van der Waals surface area contributed by atoms with E-state index in [9.17, 15) is 0 Å². The minimum Gasteiger partial charge on any atom is -0.495 e. The summed E-state index contributed by atoms with van der Waals surface area (Å²) in [5, 5.41) is 0. The lowest BCUT2D eigenvalue weighted by Gasteiger charge is -2.24. The second-order valence-corrected chi connectivity index (χ2v) is 3.98. The molecule has 1 aromatic rings. The van der Waals surface area contributed by atoms with Gasteiger partial charge in [0.05, 0.1) is 12.8 Å². The highest BCUT2D eigenvalue weighted by atomic mass is 16.5. The van der Waals surface area contributed by atoms with Crippen molar-refractivity contribution >= 4 is 0 Å². The van der Waals surface area contributed by atoms with Crippen LogP contribution >= 0.6 is 0 Å². The first-order chi connectivity index (χ1) is 6.61. The molecule has 1 aromatic heterocycles. The third-order valence-corrected chi connectivity index (χ3v) is 2.40. The Bertz CT molecular complexity index is 297. The van der Waals surface area contributed by atoms with Crippen LogP contribution in [0.5, 0.6) is 5.75 Å². The van der Waals surface area contributed by atoms with Gasteiger partial charge < -0.3 is 10.5 Å². The quantitative estimate of drug-likeness (QED) is 0.793. The Morgan fingerprint density at radius 1 is 1.50 bits per heavy atom. The average Bonchev–Trinajstić information content (AvgIpc) is 2.18. The zero-order chi connectivity index (χ0) is 10.6. The molecule has 0 saturated carbocycles. The van der Waals surface area contributed by atoms with Crippen LogP contribution in [0.2, 0.25) is 0 Å². The third kappa shape index (κ3) is 2.23. The van der Waals surface area contributed by atoms with Gasteiger partial charge >= 0.3 is 0 Å². The highest BCUT2D eigenvalue weighted by Gasteiger charge is 2.24. The van der Waals surface area contributed by atoms with Crippen molar-refractivity contribution in [1.82, 2.24) is 4.98 Å². The molecule has 0 unspecified atom stereocenters. The monoisotopic (exact) mass is 194 g/mol. The molecular formula is C11H18N2O. The van der Waals surface area contributed by atoms with Crippen molar-refractivity contribution in [3.05, 3.63) is 24.0 Å². The number of ether oxygens (including phenoxy) is 1. The van der Waals surface area contributed by atoms with Crippen LogP contribution in [-0.4, -0.2) is 18.6 Å². The molecule has 0 radical (unpaired) electrons. The number of aromatic nitrogens is 1. The summed E-state index contributed by atoms with van der Waals surface area (Å²) in [6.07, 6.45) is 2.69. The molecule has 0 amide bonds. The Hall–Kier alpha value is -1.09. The van der Waals surface area contributed by atoms with Gasteiger partial charge in [-0.15, -0.1) is 0 Å². The molecule has 78 valence electrons. The Morgan fingerprint density at radius 2 is 2.21 bits per heavy atom. The Kier molecular flexibility index (Phi) is 3.47. The lowest BCUT2D eigenvalue weighted by atomic mass is 9.85. The first-order valence-electron chi connectivity index (χ1n) is 4.81. The molecule has 0 aromatic carbocycles. The molecule has 0 saturated heterocycles. The van der Waals surface area contributed by atoms with E-state index in [0.29, 0.717) is 6.54 Å². The van der Waals surface area contributed by atoms with Crippen LogP contribution in [0.4, 0.5) is 0 Å². The molecule has 0 aliphatic rings. The molecule has 3 heteroatoms. The molecule has 0 spiro atoms. The van der Waals surface area contributed by atoms with Gasteiger partial charge in [0.1, 0.15) is 5.75 Å². The van der Waals surface area contributed by atoms with Gasteiger partial charge in [0.15, 0.2) is 0 Å². The minimum absolute atomic E-state index is 0.0264. The van der Waals surface area contributed by atoms with Crippen molar-refractivity contribution in [1.29, 1.82) is 0 Å². The van der Waals surface area contributed by atoms with Gasteiger partial charge in [-0.2, -0.15) is 0 Å². The smallest absolute Gasteiger partial charge is 0.140 e. The van der Waals surface area contributed by atoms with Crippen LogP contribution in [0.25, 0.3) is 0 Å². The Labute approximate surface area is 85.3 Å². The van der Waals surface area contributed by atoms with Crippen LogP contribution in [0.15, 0.2) is 18.3 Å². The third-order valence-electron chi connectivity index (χ3n) is 2.40. The van der Waals surface area contributed by atoms with E-state index in [0.717, 1.165) is 17.9 Å². The lowest BCUT2D eigenvalue weighted by molar-refractivity contribution is 0.379. The topological polar surface area (TPSA) is 48.1 Å². The van der Waals surface area contributed by atoms with E-state index in [1.807, 2.05) is 12.1 Å². The fraction of sp³-hybridized carbons (Fsp3) is 0.545. The van der Waals surface area contributed by atoms with E-state index in [-0.39, 0.29) is 5.41 Å². The molecule has 2 N–H and O–H groups in total. The van der Waals surface area contributed by atoms with Gasteiger partial charge in [-0.3, -0.25) is 4.98 Å². The van der Waals surface area contributed by atoms with Crippen LogP contribution in [0, 0.1) is 0 Å². The highest BCUT2D eigenvalue weighted by molar-refractivity contribution is 5.32. The Morgan fingerprint density at radius 3 is 2.79 bits per heavy atom. The number of hydrogen-bond acceptors (Lipinski definition) is 3. The largest absolute Gasteiger partial charge is 0.495 e. The van der Waals surface area contributed by atoms with Gasteiger partial charge in [0, 0.05) is 11.6 Å². The first-order valence-corrected chi connectivity index (χ1v) is 4.81. The fourth-order valence-corrected chi connectivity index (χ4v) is 1.54. The molecule has 3 nitrogen and oxygen atoms in total. The highest BCUT2D eigenvalue weighted by Crippen LogP contribution is 2.31. The fourth-order valence-electron chi connectivity index (χ4n) is 1.54. The summed E-state index contributed by atoms with van der Waals surface area (Å²) in [6.45, 7) is 4.92. The molecule has 0 aliphatic carbocycles. The summed E-state index contributed by atoms with van der Waals surface area (Å²) in [6, 6.07) is 3.81. The van der Waals surface area contributed by atoms with Crippen molar-refractivity contribution < 1.29 is 4.74 Å². The van der Waals surface area contributed by atoms with Gasteiger partial charge in [-0.1, -0.05) is 13.8 Å². The molecule has 1 heterocycles. The van der Waals surface area contributed by atoms with Crippen LogP contribution in [0.1, 0.15) is 26.0 Å². The maximum absolute atomic E-state index is 5.57. The predicted octanol–water partition coefficient (Wildman–Crippen LogP) is 1.72. The average molecular weight is 194 g/mol. The van der Waals surface area contributed by atoms with E-state index < -0.39 is 0 Å². The van der Waals surface area contributed by atoms with Crippen LogP contribution in [0.3, 0.4) is 0 Å². The second kappa shape index (κ2) is 4.42. The summed E-state index contributed by atoms with van der Waals surface area (Å²) in [4.78, 5) is 4.36. The van der Waals surface area contributed by atoms with E-state index >= 15 is 0 Å². The number of nitrogens with two attached hydrogens (primary N) is 1. The molecule has 0 aliphatic heterocycles. The maximum atomic E-state index is 5.57.